The first-order valence-electron chi connectivity index (χ1n) is 9.24. The number of carbonyl (C=O) groups is 3. The fourth-order valence-corrected chi connectivity index (χ4v) is 3.12. The highest BCUT2D eigenvalue weighted by Crippen LogP contribution is 2.19. The Bertz CT molecular complexity index is 889. The average Bonchev–Trinajstić information content (AvgIpc) is 2.73. The zero-order valence-electron chi connectivity index (χ0n) is 16.0. The lowest BCUT2D eigenvalue weighted by atomic mass is 9.99. The van der Waals surface area contributed by atoms with Crippen molar-refractivity contribution < 1.29 is 19.1 Å². The van der Waals surface area contributed by atoms with E-state index in [1.54, 1.807) is 41.3 Å². The van der Waals surface area contributed by atoms with Gasteiger partial charge in [-0.05, 0) is 43.0 Å². The van der Waals surface area contributed by atoms with Gasteiger partial charge in [0.2, 0.25) is 0 Å². The Morgan fingerprint density at radius 3 is 2.43 bits per heavy atom. The second kappa shape index (κ2) is 8.65. The standard InChI is InChI=1S/C21H23N3O4/c1-14-10-12-24(13-11-14)20(26)18-9-5-8-17(22-18)19(25)23-16-7-4-3-6-15(16)21(27)28-2/h3-9,14H,10-13H2,1-2H3,(H,23,25). The van der Waals surface area contributed by atoms with Crippen LogP contribution in [0.3, 0.4) is 0 Å². The molecule has 3 rings (SSSR count). The van der Waals surface area contributed by atoms with Crippen molar-refractivity contribution in [3.8, 4) is 0 Å². The van der Waals surface area contributed by atoms with Gasteiger partial charge in [-0.2, -0.15) is 0 Å². The molecule has 1 saturated heterocycles. The summed E-state index contributed by atoms with van der Waals surface area (Å²) < 4.78 is 4.73. The van der Waals surface area contributed by atoms with Crippen LogP contribution in [0.1, 0.15) is 51.1 Å². The van der Waals surface area contributed by atoms with Crippen LogP contribution in [-0.4, -0.2) is 47.9 Å². The Balaban J connectivity index is 1.76. The van der Waals surface area contributed by atoms with Crippen molar-refractivity contribution in [2.45, 2.75) is 19.8 Å². The van der Waals surface area contributed by atoms with Crippen LogP contribution in [0, 0.1) is 5.92 Å². The maximum absolute atomic E-state index is 12.7. The fourth-order valence-electron chi connectivity index (χ4n) is 3.12. The Labute approximate surface area is 163 Å². The summed E-state index contributed by atoms with van der Waals surface area (Å²) in [5.41, 5.74) is 0.912. The molecule has 0 saturated carbocycles. The number of carbonyl (C=O) groups excluding carboxylic acids is 3. The van der Waals surface area contributed by atoms with Crippen molar-refractivity contribution in [3.05, 3.63) is 59.4 Å². The molecule has 146 valence electrons. The monoisotopic (exact) mass is 381 g/mol. The molecule has 2 aromatic rings. The third-order valence-corrected chi connectivity index (χ3v) is 4.85. The average molecular weight is 381 g/mol. The number of aromatic nitrogens is 1. The zero-order chi connectivity index (χ0) is 20.1. The summed E-state index contributed by atoms with van der Waals surface area (Å²) in [7, 11) is 1.28. The predicted octanol–water partition coefficient (Wildman–Crippen LogP) is 2.99. The molecule has 7 heteroatoms. The first-order valence-corrected chi connectivity index (χ1v) is 9.24. The number of esters is 1. The summed E-state index contributed by atoms with van der Waals surface area (Å²) in [5.74, 6) is -0.606. The van der Waals surface area contributed by atoms with Crippen LogP contribution in [0.2, 0.25) is 0 Å². The molecule has 0 atom stereocenters. The van der Waals surface area contributed by atoms with E-state index in [2.05, 4.69) is 17.2 Å². The number of piperidine rings is 1. The van der Waals surface area contributed by atoms with E-state index in [1.807, 2.05) is 0 Å². The van der Waals surface area contributed by atoms with E-state index in [1.165, 1.54) is 13.2 Å². The van der Waals surface area contributed by atoms with Crippen LogP contribution < -0.4 is 5.32 Å². The highest BCUT2D eigenvalue weighted by atomic mass is 16.5. The number of methoxy groups -OCH3 is 1. The largest absolute Gasteiger partial charge is 0.465 e. The lowest BCUT2D eigenvalue weighted by Gasteiger charge is -2.30. The second-order valence-corrected chi connectivity index (χ2v) is 6.87. The molecule has 1 N–H and O–H groups in total. The second-order valence-electron chi connectivity index (χ2n) is 6.87. The number of likely N-dealkylation sites (tertiary alicyclic amines) is 1. The molecule has 7 nitrogen and oxygen atoms in total. The van der Waals surface area contributed by atoms with E-state index in [-0.39, 0.29) is 22.9 Å². The minimum atomic E-state index is -0.549. The van der Waals surface area contributed by atoms with Crippen LogP contribution in [0.4, 0.5) is 5.69 Å². The molecule has 0 unspecified atom stereocenters. The van der Waals surface area contributed by atoms with Gasteiger partial charge < -0.3 is 15.0 Å². The number of nitrogens with zero attached hydrogens (tertiary/aromatic N) is 2. The quantitative estimate of drug-likeness (QED) is 0.823. The van der Waals surface area contributed by atoms with Crippen molar-refractivity contribution in [2.24, 2.45) is 5.92 Å². The van der Waals surface area contributed by atoms with Crippen LogP contribution in [0.25, 0.3) is 0 Å². The number of anilines is 1. The SMILES string of the molecule is COC(=O)c1ccccc1NC(=O)c1cccc(C(=O)N2CCC(C)CC2)n1. The molecule has 0 radical (unpaired) electrons. The van der Waals surface area contributed by atoms with Crippen molar-refractivity contribution in [2.75, 3.05) is 25.5 Å². The fraction of sp³-hybridized carbons (Fsp3) is 0.333. The Hall–Kier alpha value is -3.22. The van der Waals surface area contributed by atoms with E-state index < -0.39 is 11.9 Å². The maximum atomic E-state index is 12.7. The van der Waals surface area contributed by atoms with Crippen molar-refractivity contribution in [1.82, 2.24) is 9.88 Å². The first-order chi connectivity index (χ1) is 13.5. The molecule has 1 fully saturated rings. The molecule has 1 aromatic carbocycles. The summed E-state index contributed by atoms with van der Waals surface area (Å²) in [4.78, 5) is 43.2. The minimum Gasteiger partial charge on any atom is -0.465 e. The number of hydrogen-bond acceptors (Lipinski definition) is 5. The number of ether oxygens (including phenoxy) is 1. The molecular weight excluding hydrogens is 358 g/mol. The Morgan fingerprint density at radius 1 is 1.04 bits per heavy atom. The van der Waals surface area contributed by atoms with Gasteiger partial charge in [0.15, 0.2) is 0 Å². The van der Waals surface area contributed by atoms with Gasteiger partial charge in [0.25, 0.3) is 11.8 Å². The lowest BCUT2D eigenvalue weighted by molar-refractivity contribution is 0.0601. The van der Waals surface area contributed by atoms with Gasteiger partial charge in [-0.15, -0.1) is 0 Å². The predicted molar refractivity (Wildman–Crippen MR) is 104 cm³/mol. The zero-order valence-corrected chi connectivity index (χ0v) is 16.0. The summed E-state index contributed by atoms with van der Waals surface area (Å²) >= 11 is 0. The topological polar surface area (TPSA) is 88.6 Å². The first kappa shape index (κ1) is 19.5. The molecular formula is C21H23N3O4. The molecule has 2 heterocycles. The van der Waals surface area contributed by atoms with E-state index in [0.29, 0.717) is 24.7 Å². The van der Waals surface area contributed by atoms with Gasteiger partial charge in [0.1, 0.15) is 11.4 Å². The van der Waals surface area contributed by atoms with Crippen molar-refractivity contribution >= 4 is 23.5 Å². The van der Waals surface area contributed by atoms with Gasteiger partial charge in [-0.25, -0.2) is 9.78 Å². The molecule has 0 bridgehead atoms. The molecule has 1 aromatic heterocycles. The van der Waals surface area contributed by atoms with Crippen molar-refractivity contribution in [3.63, 3.8) is 0 Å². The molecule has 28 heavy (non-hydrogen) atoms. The number of pyridine rings is 1. The Kier molecular flexibility index (Phi) is 6.03. The third-order valence-electron chi connectivity index (χ3n) is 4.85. The van der Waals surface area contributed by atoms with Crippen LogP contribution in [0.15, 0.2) is 42.5 Å². The van der Waals surface area contributed by atoms with Crippen molar-refractivity contribution in [1.29, 1.82) is 0 Å². The van der Waals surface area contributed by atoms with Gasteiger partial charge in [-0.1, -0.05) is 25.1 Å². The summed E-state index contributed by atoms with van der Waals surface area (Å²) in [6.07, 6.45) is 1.94. The molecule has 2 amide bonds. The number of amides is 2. The van der Waals surface area contributed by atoms with E-state index in [4.69, 9.17) is 4.74 Å². The normalized spacial score (nSPS) is 14.4. The van der Waals surface area contributed by atoms with Gasteiger partial charge in [0, 0.05) is 13.1 Å². The highest BCUT2D eigenvalue weighted by molar-refractivity contribution is 6.07. The highest BCUT2D eigenvalue weighted by Gasteiger charge is 2.23. The van der Waals surface area contributed by atoms with Crippen LogP contribution in [-0.2, 0) is 4.74 Å². The lowest BCUT2D eigenvalue weighted by Crippen LogP contribution is -2.38. The van der Waals surface area contributed by atoms with Gasteiger partial charge >= 0.3 is 5.97 Å². The molecule has 0 spiro atoms. The van der Waals surface area contributed by atoms with E-state index in [9.17, 15) is 14.4 Å². The van der Waals surface area contributed by atoms with Crippen LogP contribution in [0.5, 0.6) is 0 Å². The Morgan fingerprint density at radius 2 is 1.71 bits per heavy atom. The number of hydrogen-bond donors (Lipinski definition) is 1. The molecule has 1 aliphatic rings. The number of nitrogens with one attached hydrogen (secondary N) is 1. The number of para-hydroxylation sites is 1. The maximum Gasteiger partial charge on any atom is 0.339 e. The van der Waals surface area contributed by atoms with Crippen LogP contribution >= 0.6 is 0 Å². The van der Waals surface area contributed by atoms with Gasteiger partial charge in [-0.3, -0.25) is 9.59 Å². The minimum absolute atomic E-state index is 0.107. The number of benzene rings is 1. The van der Waals surface area contributed by atoms with Gasteiger partial charge in [0.05, 0.1) is 18.4 Å². The summed E-state index contributed by atoms with van der Waals surface area (Å²) in [6, 6.07) is 11.3. The molecule has 1 aliphatic heterocycles. The molecule has 0 aliphatic carbocycles. The number of rotatable bonds is 4. The third kappa shape index (κ3) is 4.36. The summed E-state index contributed by atoms with van der Waals surface area (Å²) in [6.45, 7) is 3.58. The van der Waals surface area contributed by atoms with E-state index in [0.717, 1.165) is 12.8 Å². The smallest absolute Gasteiger partial charge is 0.339 e. The summed E-state index contributed by atoms with van der Waals surface area (Å²) in [5, 5.41) is 2.67. The van der Waals surface area contributed by atoms with E-state index >= 15 is 0 Å².